The van der Waals surface area contributed by atoms with Gasteiger partial charge in [0.2, 0.25) is 11.6 Å². The number of benzene rings is 3. The van der Waals surface area contributed by atoms with Crippen LogP contribution in [0.3, 0.4) is 0 Å². The molecule has 0 N–H and O–H groups in total. The molecule has 3 rings (SSSR count). The van der Waals surface area contributed by atoms with Crippen LogP contribution in [-0.4, -0.2) is 50.3 Å². The van der Waals surface area contributed by atoms with E-state index in [9.17, 15) is 28.0 Å². The number of unbranched alkanes of at least 4 members (excludes halogenated alkanes) is 20. The third kappa shape index (κ3) is 22.7. The second-order valence-electron chi connectivity index (χ2n) is 15.7. The van der Waals surface area contributed by atoms with E-state index in [2.05, 4.69) is 13.2 Å². The molecule has 0 aliphatic carbocycles. The molecule has 3 aromatic rings. The van der Waals surface area contributed by atoms with E-state index in [-0.39, 0.29) is 23.1 Å². The van der Waals surface area contributed by atoms with Gasteiger partial charge in [0.15, 0.2) is 11.5 Å². The molecular weight excluding hydrogens is 823 g/mol. The maximum Gasteiger partial charge on any atom is 0.343 e. The van der Waals surface area contributed by atoms with Crippen LogP contribution in [0.4, 0.5) is 8.78 Å². The summed E-state index contributed by atoms with van der Waals surface area (Å²) in [6.07, 6.45) is 26.9. The lowest BCUT2D eigenvalue weighted by molar-refractivity contribution is -0.138. The first-order valence-electron chi connectivity index (χ1n) is 23.2. The first-order chi connectivity index (χ1) is 31.2. The van der Waals surface area contributed by atoms with Gasteiger partial charge in [0.05, 0.1) is 37.6 Å². The molecule has 0 amide bonds. The van der Waals surface area contributed by atoms with Crippen molar-refractivity contribution in [2.24, 2.45) is 0 Å². The summed E-state index contributed by atoms with van der Waals surface area (Å²) in [5.74, 6) is -5.55. The molecule has 12 heteroatoms. The van der Waals surface area contributed by atoms with Gasteiger partial charge >= 0.3 is 23.9 Å². The fourth-order valence-corrected chi connectivity index (χ4v) is 6.80. The predicted octanol–water partition coefficient (Wildman–Crippen LogP) is 13.2. The number of esters is 4. The van der Waals surface area contributed by atoms with Crippen LogP contribution >= 0.6 is 0 Å². The van der Waals surface area contributed by atoms with Crippen LogP contribution in [0.25, 0.3) is 0 Å². The maximum absolute atomic E-state index is 14.9. The lowest BCUT2D eigenvalue weighted by Crippen LogP contribution is -2.12. The Hall–Kier alpha value is -5.52. The molecule has 0 unspecified atom stereocenters. The molecular formula is C52H68F2O10. The van der Waals surface area contributed by atoms with Crippen molar-refractivity contribution in [3.8, 4) is 23.0 Å². The van der Waals surface area contributed by atoms with Gasteiger partial charge in [-0.1, -0.05) is 129 Å². The highest BCUT2D eigenvalue weighted by molar-refractivity contribution is 5.92. The molecule has 0 spiro atoms. The minimum Gasteiger partial charge on any atom is -0.494 e. The first-order valence-corrected chi connectivity index (χ1v) is 23.2. The molecule has 0 aliphatic heterocycles. The van der Waals surface area contributed by atoms with Crippen LogP contribution in [0.5, 0.6) is 23.0 Å². The Labute approximate surface area is 378 Å². The van der Waals surface area contributed by atoms with E-state index in [1.54, 1.807) is 24.3 Å². The number of hydrogen-bond donors (Lipinski definition) is 0. The summed E-state index contributed by atoms with van der Waals surface area (Å²) in [7, 11) is 0. The zero-order valence-electron chi connectivity index (χ0n) is 37.6. The van der Waals surface area contributed by atoms with Gasteiger partial charge in [0.1, 0.15) is 11.5 Å². The average molecular weight is 891 g/mol. The quantitative estimate of drug-likeness (QED) is 0.0241. The largest absolute Gasteiger partial charge is 0.494 e. The Morgan fingerprint density at radius 2 is 0.656 bits per heavy atom. The molecule has 0 saturated carbocycles. The van der Waals surface area contributed by atoms with Crippen LogP contribution in [0.2, 0.25) is 0 Å². The van der Waals surface area contributed by atoms with E-state index in [1.165, 1.54) is 101 Å². The van der Waals surface area contributed by atoms with E-state index >= 15 is 0 Å². The van der Waals surface area contributed by atoms with Crippen molar-refractivity contribution >= 4 is 23.9 Å². The molecule has 0 radical (unpaired) electrons. The number of hydrogen-bond acceptors (Lipinski definition) is 10. The number of carbonyl (C=O) groups excluding carboxylic acids is 4. The van der Waals surface area contributed by atoms with Crippen LogP contribution in [0, 0.1) is 11.6 Å². The van der Waals surface area contributed by atoms with Crippen molar-refractivity contribution in [3.05, 3.63) is 109 Å². The molecule has 0 atom stereocenters. The smallest absolute Gasteiger partial charge is 0.343 e. The van der Waals surface area contributed by atoms with Crippen LogP contribution in [-0.2, 0) is 19.1 Å². The van der Waals surface area contributed by atoms with Gasteiger partial charge in [-0.25, -0.2) is 19.2 Å². The topological polar surface area (TPSA) is 124 Å². The molecule has 64 heavy (non-hydrogen) atoms. The fraction of sp³-hybridized carbons (Fsp3) is 0.500. The molecule has 0 saturated heterocycles. The molecule has 0 heterocycles. The highest BCUT2D eigenvalue weighted by Gasteiger charge is 2.21. The van der Waals surface area contributed by atoms with E-state index in [0.29, 0.717) is 37.9 Å². The SMILES string of the molecule is C=CC(=O)OCCCCCCCCCCCCCOc1ccc(C(=O)Oc2ccc(OC(=O)c3ccc(OCCCCCCCCCCCCCOC(=O)C=C)cc3)c(F)c2F)cc1. The number of ether oxygens (including phenoxy) is 6. The van der Waals surface area contributed by atoms with Crippen molar-refractivity contribution in [1.82, 2.24) is 0 Å². The molecule has 0 fully saturated rings. The Kier molecular flexibility index (Phi) is 27.3. The summed E-state index contributed by atoms with van der Waals surface area (Å²) >= 11 is 0. The van der Waals surface area contributed by atoms with E-state index in [1.807, 2.05) is 0 Å². The van der Waals surface area contributed by atoms with Gasteiger partial charge in [-0.3, -0.25) is 0 Å². The molecule has 0 aliphatic rings. The van der Waals surface area contributed by atoms with Gasteiger partial charge in [0, 0.05) is 12.2 Å². The monoisotopic (exact) mass is 890 g/mol. The van der Waals surface area contributed by atoms with Crippen molar-refractivity contribution in [2.75, 3.05) is 26.4 Å². The number of rotatable bonds is 36. The summed E-state index contributed by atoms with van der Waals surface area (Å²) in [6, 6.07) is 14.5. The first kappa shape index (κ1) is 52.8. The molecule has 0 bridgehead atoms. The molecule has 350 valence electrons. The lowest BCUT2D eigenvalue weighted by atomic mass is 10.1. The van der Waals surface area contributed by atoms with Crippen molar-refractivity contribution in [3.63, 3.8) is 0 Å². The summed E-state index contributed by atoms with van der Waals surface area (Å²) in [5.41, 5.74) is 0.246. The Morgan fingerprint density at radius 1 is 0.391 bits per heavy atom. The molecule has 10 nitrogen and oxygen atoms in total. The van der Waals surface area contributed by atoms with E-state index in [4.69, 9.17) is 28.4 Å². The second kappa shape index (κ2) is 33.1. The fourth-order valence-electron chi connectivity index (χ4n) is 6.80. The minimum absolute atomic E-state index is 0.123. The summed E-state index contributed by atoms with van der Waals surface area (Å²) in [5, 5.41) is 0. The summed E-state index contributed by atoms with van der Waals surface area (Å²) < 4.78 is 61.7. The zero-order valence-corrected chi connectivity index (χ0v) is 37.6. The zero-order chi connectivity index (χ0) is 46.0. The molecule has 0 aromatic heterocycles. The van der Waals surface area contributed by atoms with Gasteiger partial charge in [-0.2, -0.15) is 8.78 Å². The van der Waals surface area contributed by atoms with Gasteiger partial charge in [-0.05, 0) is 86.3 Å². The van der Waals surface area contributed by atoms with Gasteiger partial charge < -0.3 is 28.4 Å². The van der Waals surface area contributed by atoms with E-state index < -0.39 is 35.1 Å². The van der Waals surface area contributed by atoms with Crippen LogP contribution in [0.15, 0.2) is 86.0 Å². The lowest BCUT2D eigenvalue weighted by Gasteiger charge is -2.11. The standard InChI is InChI=1S/C52H68F2O10/c1-3-47(55)61-39-25-21-17-13-9-5-7-11-15-19-23-37-59-43-31-27-41(28-32-43)51(57)63-45-35-36-46(50(54)49(45)53)64-52(58)42-29-33-44(34-30-42)60-38-24-20-16-12-8-6-10-14-18-22-26-40-62-48(56)4-2/h3-4,27-36H,1-2,5-26,37-40H2. The van der Waals surface area contributed by atoms with Crippen molar-refractivity contribution < 1.29 is 56.4 Å². The summed E-state index contributed by atoms with van der Waals surface area (Å²) in [6.45, 7) is 8.77. The molecule has 3 aromatic carbocycles. The number of halogens is 2. The average Bonchev–Trinajstić information content (AvgIpc) is 3.31. The summed E-state index contributed by atoms with van der Waals surface area (Å²) in [4.78, 5) is 47.5. The van der Waals surface area contributed by atoms with Crippen molar-refractivity contribution in [2.45, 2.75) is 141 Å². The number of carbonyl (C=O) groups is 4. The Morgan fingerprint density at radius 3 is 0.938 bits per heavy atom. The van der Waals surface area contributed by atoms with Crippen molar-refractivity contribution in [1.29, 1.82) is 0 Å². The van der Waals surface area contributed by atoms with Crippen LogP contribution in [0.1, 0.15) is 162 Å². The highest BCUT2D eigenvalue weighted by Crippen LogP contribution is 2.29. The Bertz CT molecular complexity index is 1690. The minimum atomic E-state index is -1.46. The van der Waals surface area contributed by atoms with Gasteiger partial charge in [-0.15, -0.1) is 0 Å². The Balaban J connectivity index is 1.23. The normalized spacial score (nSPS) is 10.8. The third-order valence-corrected chi connectivity index (χ3v) is 10.5. The van der Waals surface area contributed by atoms with Crippen LogP contribution < -0.4 is 18.9 Å². The predicted molar refractivity (Wildman–Crippen MR) is 244 cm³/mol. The second-order valence-corrected chi connectivity index (χ2v) is 15.7. The van der Waals surface area contributed by atoms with E-state index in [0.717, 1.165) is 89.2 Å². The van der Waals surface area contributed by atoms with Gasteiger partial charge in [0.25, 0.3) is 0 Å². The maximum atomic E-state index is 14.9. The highest BCUT2D eigenvalue weighted by atomic mass is 19.2. The third-order valence-electron chi connectivity index (χ3n) is 10.5.